The van der Waals surface area contributed by atoms with Gasteiger partial charge in [-0.2, -0.15) is 0 Å². The molecule has 2 aromatic carbocycles. The van der Waals surface area contributed by atoms with E-state index in [-0.39, 0.29) is 23.9 Å². The number of hydrogen-bond donors (Lipinski definition) is 0. The van der Waals surface area contributed by atoms with Crippen LogP contribution in [0, 0.1) is 11.8 Å². The average molecular weight is 347 g/mol. The molecule has 0 amide bonds. The summed E-state index contributed by atoms with van der Waals surface area (Å²) in [5, 5.41) is 2.47. The Morgan fingerprint density at radius 3 is 2.08 bits per heavy atom. The molecular formula is C23H25NO2. The fourth-order valence-electron chi connectivity index (χ4n) is 5.73. The number of hydrogen-bond acceptors (Lipinski definition) is 3. The molecule has 1 aliphatic heterocycles. The van der Waals surface area contributed by atoms with Crippen molar-refractivity contribution in [2.75, 3.05) is 4.90 Å². The third-order valence-electron chi connectivity index (χ3n) is 6.87. The molecule has 0 N–H and O–H groups in total. The van der Waals surface area contributed by atoms with Crippen LogP contribution in [0.5, 0.6) is 0 Å². The zero-order valence-corrected chi connectivity index (χ0v) is 15.1. The van der Waals surface area contributed by atoms with Crippen LogP contribution in [0.2, 0.25) is 0 Å². The normalized spacial score (nSPS) is 31.6. The van der Waals surface area contributed by atoms with Crippen LogP contribution in [0.1, 0.15) is 44.9 Å². The summed E-state index contributed by atoms with van der Waals surface area (Å²) in [7, 11) is 0. The van der Waals surface area contributed by atoms with Crippen molar-refractivity contribution in [3.05, 3.63) is 42.5 Å². The van der Waals surface area contributed by atoms with E-state index in [2.05, 4.69) is 47.4 Å². The summed E-state index contributed by atoms with van der Waals surface area (Å²) in [5.41, 5.74) is 1.22. The summed E-state index contributed by atoms with van der Waals surface area (Å²) in [6.45, 7) is 0. The van der Waals surface area contributed by atoms with Gasteiger partial charge in [0.1, 0.15) is 11.6 Å². The van der Waals surface area contributed by atoms with Gasteiger partial charge in [-0.1, -0.05) is 36.4 Å². The maximum absolute atomic E-state index is 12.7. The number of benzene rings is 2. The second kappa shape index (κ2) is 6.22. The number of piperidine rings is 1. The van der Waals surface area contributed by atoms with Crippen LogP contribution >= 0.6 is 0 Å². The number of fused-ring (bicyclic) bond motifs is 3. The van der Waals surface area contributed by atoms with Crippen LogP contribution in [0.25, 0.3) is 10.8 Å². The number of Topliss-reactive ketones (excluding diaryl/α,β-unsaturated/α-hetero) is 2. The van der Waals surface area contributed by atoms with Crippen LogP contribution in [0.4, 0.5) is 5.69 Å². The zero-order valence-electron chi connectivity index (χ0n) is 15.1. The van der Waals surface area contributed by atoms with Crippen molar-refractivity contribution >= 4 is 28.0 Å². The molecule has 0 spiro atoms. The number of carbonyl (C=O) groups excluding carboxylic acids is 2. The quantitative estimate of drug-likeness (QED) is 0.761. The van der Waals surface area contributed by atoms with E-state index in [1.165, 1.54) is 16.5 Å². The van der Waals surface area contributed by atoms with Crippen LogP contribution in [0.3, 0.4) is 0 Å². The third-order valence-corrected chi connectivity index (χ3v) is 6.87. The van der Waals surface area contributed by atoms with E-state index in [4.69, 9.17) is 0 Å². The number of rotatable bonds is 1. The number of anilines is 1. The van der Waals surface area contributed by atoms with Gasteiger partial charge in [-0.05, 0) is 43.6 Å². The molecule has 1 heterocycles. The van der Waals surface area contributed by atoms with E-state index in [0.717, 1.165) is 32.1 Å². The molecule has 4 atom stereocenters. The minimum atomic E-state index is 0.0334. The Balaban J connectivity index is 1.67. The van der Waals surface area contributed by atoms with Gasteiger partial charge in [0.2, 0.25) is 0 Å². The van der Waals surface area contributed by atoms with Crippen molar-refractivity contribution in [1.29, 1.82) is 0 Å². The van der Waals surface area contributed by atoms with Crippen molar-refractivity contribution in [2.24, 2.45) is 11.8 Å². The molecule has 3 fully saturated rings. The Kier molecular flexibility index (Phi) is 3.84. The van der Waals surface area contributed by atoms with Crippen molar-refractivity contribution in [1.82, 2.24) is 0 Å². The molecule has 3 nitrogen and oxygen atoms in total. The lowest BCUT2D eigenvalue weighted by molar-refractivity contribution is -0.131. The number of ketones is 2. The van der Waals surface area contributed by atoms with Crippen LogP contribution in [-0.2, 0) is 9.59 Å². The fraction of sp³-hybridized carbons (Fsp3) is 0.478. The summed E-state index contributed by atoms with van der Waals surface area (Å²) in [5.74, 6) is 0.823. The molecule has 3 aliphatic rings. The first kappa shape index (κ1) is 16.0. The van der Waals surface area contributed by atoms with E-state index >= 15 is 0 Å². The highest BCUT2D eigenvalue weighted by atomic mass is 16.1. The SMILES string of the molecule is O=C1CCCC2C1CC1C(=O)CCCC1N2c1cccc2ccccc12. The van der Waals surface area contributed by atoms with Gasteiger partial charge in [0.25, 0.3) is 0 Å². The maximum atomic E-state index is 12.7. The third kappa shape index (κ3) is 2.40. The topological polar surface area (TPSA) is 37.4 Å². The summed E-state index contributed by atoms with van der Waals surface area (Å²) in [6, 6.07) is 15.5. The van der Waals surface area contributed by atoms with E-state index in [9.17, 15) is 9.59 Å². The first-order chi connectivity index (χ1) is 12.7. The smallest absolute Gasteiger partial charge is 0.138 e. The summed E-state index contributed by atoms with van der Waals surface area (Å²) in [4.78, 5) is 27.9. The highest BCUT2D eigenvalue weighted by molar-refractivity contribution is 5.96. The van der Waals surface area contributed by atoms with Gasteiger partial charge in [0, 0.05) is 47.8 Å². The second-order valence-corrected chi connectivity index (χ2v) is 8.21. The molecule has 2 saturated carbocycles. The zero-order chi connectivity index (χ0) is 17.7. The van der Waals surface area contributed by atoms with Gasteiger partial charge in [0.05, 0.1) is 0 Å². The van der Waals surface area contributed by atoms with Gasteiger partial charge in [0.15, 0.2) is 0 Å². The van der Waals surface area contributed by atoms with Crippen molar-refractivity contribution in [2.45, 2.75) is 57.0 Å². The number of carbonyl (C=O) groups is 2. The molecule has 26 heavy (non-hydrogen) atoms. The van der Waals surface area contributed by atoms with E-state index < -0.39 is 0 Å². The Morgan fingerprint density at radius 2 is 1.38 bits per heavy atom. The van der Waals surface area contributed by atoms with E-state index in [1.54, 1.807) is 0 Å². The first-order valence-electron chi connectivity index (χ1n) is 10.1. The average Bonchev–Trinajstić information content (AvgIpc) is 2.67. The highest BCUT2D eigenvalue weighted by Crippen LogP contribution is 2.46. The Morgan fingerprint density at radius 1 is 0.769 bits per heavy atom. The molecule has 0 aromatic heterocycles. The van der Waals surface area contributed by atoms with Crippen LogP contribution in [-0.4, -0.2) is 23.7 Å². The van der Waals surface area contributed by atoms with E-state index in [1.807, 2.05) is 0 Å². The lowest BCUT2D eigenvalue weighted by Gasteiger charge is -2.53. The monoisotopic (exact) mass is 347 g/mol. The minimum Gasteiger partial charge on any atom is -0.364 e. The molecule has 2 aliphatic carbocycles. The summed E-state index contributed by atoms with van der Waals surface area (Å²) in [6.07, 6.45) is 6.26. The predicted octanol–water partition coefficient (Wildman–Crippen LogP) is 4.53. The van der Waals surface area contributed by atoms with Crippen LogP contribution < -0.4 is 4.90 Å². The molecule has 0 radical (unpaired) electrons. The van der Waals surface area contributed by atoms with Crippen molar-refractivity contribution < 1.29 is 9.59 Å². The second-order valence-electron chi connectivity index (χ2n) is 8.21. The van der Waals surface area contributed by atoms with Crippen molar-refractivity contribution in [3.8, 4) is 0 Å². The standard InChI is InChI=1S/C23H25NO2/c25-22-12-4-10-20-17(22)14-18-21(11-5-13-23(18)26)24(20)19-9-3-7-15-6-1-2-8-16(15)19/h1-3,6-9,17-18,20-21H,4-5,10-14H2. The lowest BCUT2D eigenvalue weighted by Crippen LogP contribution is -2.61. The van der Waals surface area contributed by atoms with Gasteiger partial charge in [-0.25, -0.2) is 0 Å². The van der Waals surface area contributed by atoms with Gasteiger partial charge >= 0.3 is 0 Å². The molecule has 2 aromatic rings. The number of nitrogens with zero attached hydrogens (tertiary/aromatic N) is 1. The molecule has 3 heteroatoms. The Labute approximate surface area is 154 Å². The van der Waals surface area contributed by atoms with E-state index in [0.29, 0.717) is 24.4 Å². The molecule has 4 unspecified atom stereocenters. The largest absolute Gasteiger partial charge is 0.364 e. The van der Waals surface area contributed by atoms with Gasteiger partial charge < -0.3 is 4.90 Å². The maximum Gasteiger partial charge on any atom is 0.138 e. The highest BCUT2D eigenvalue weighted by Gasteiger charge is 2.49. The molecule has 0 bridgehead atoms. The Hall–Kier alpha value is -2.16. The lowest BCUT2D eigenvalue weighted by atomic mass is 9.66. The van der Waals surface area contributed by atoms with Crippen molar-refractivity contribution in [3.63, 3.8) is 0 Å². The minimum absolute atomic E-state index is 0.0334. The van der Waals surface area contributed by atoms with Crippen LogP contribution in [0.15, 0.2) is 42.5 Å². The molecule has 1 saturated heterocycles. The Bertz CT molecular complexity index is 836. The summed E-state index contributed by atoms with van der Waals surface area (Å²) >= 11 is 0. The predicted molar refractivity (Wildman–Crippen MR) is 103 cm³/mol. The molecule has 134 valence electrons. The fourth-order valence-corrected chi connectivity index (χ4v) is 5.73. The molecular weight excluding hydrogens is 322 g/mol. The van der Waals surface area contributed by atoms with Gasteiger partial charge in [-0.15, -0.1) is 0 Å². The van der Waals surface area contributed by atoms with Gasteiger partial charge in [-0.3, -0.25) is 9.59 Å². The first-order valence-corrected chi connectivity index (χ1v) is 10.1. The summed E-state index contributed by atoms with van der Waals surface area (Å²) < 4.78 is 0. The molecule has 5 rings (SSSR count).